The van der Waals surface area contributed by atoms with Gasteiger partial charge in [-0.1, -0.05) is 50.6 Å². The summed E-state index contributed by atoms with van der Waals surface area (Å²) in [5.74, 6) is 2.13. The lowest BCUT2D eigenvalue weighted by Crippen LogP contribution is -2.32. The van der Waals surface area contributed by atoms with Crippen LogP contribution in [0.1, 0.15) is 45.6 Å². The van der Waals surface area contributed by atoms with Gasteiger partial charge < -0.3 is 5.32 Å². The van der Waals surface area contributed by atoms with Gasteiger partial charge in [0.15, 0.2) is 5.17 Å². The van der Waals surface area contributed by atoms with Crippen molar-refractivity contribution in [3.63, 3.8) is 0 Å². The lowest BCUT2D eigenvalue weighted by Gasteiger charge is -2.32. The third kappa shape index (κ3) is 4.63. The van der Waals surface area contributed by atoms with E-state index in [1.807, 2.05) is 24.3 Å². The summed E-state index contributed by atoms with van der Waals surface area (Å²) in [6.45, 7) is 6.16. The summed E-state index contributed by atoms with van der Waals surface area (Å²) in [7, 11) is 0. The summed E-state index contributed by atoms with van der Waals surface area (Å²) in [4.78, 5) is 16.0. The Kier molecular flexibility index (Phi) is 5.78. The third-order valence-corrected chi connectivity index (χ3v) is 6.01. The number of aliphatic imine (C=N–C) groups is 1. The van der Waals surface area contributed by atoms with E-state index in [4.69, 9.17) is 4.99 Å². The van der Waals surface area contributed by atoms with Gasteiger partial charge in [0.1, 0.15) is 0 Å². The number of anilines is 1. The van der Waals surface area contributed by atoms with E-state index in [0.717, 1.165) is 33.8 Å². The fraction of sp³-hybridized carbons (Fsp3) is 0.526. The van der Waals surface area contributed by atoms with Gasteiger partial charge in [0.2, 0.25) is 5.91 Å². The van der Waals surface area contributed by atoms with Crippen molar-refractivity contribution < 1.29 is 4.79 Å². The van der Waals surface area contributed by atoms with E-state index in [2.05, 4.69) is 29.7 Å². The van der Waals surface area contributed by atoms with Crippen LogP contribution >= 0.6 is 11.8 Å². The highest BCUT2D eigenvalue weighted by molar-refractivity contribution is 8.14. The standard InChI is InChI=1S/C19H26N4OS/c1-12-5-4-6-17(13(12)2)21-19-23-22-18(11-25-19)15-7-9-16(10-8-15)20-14(3)24/h7-10,12-13,17H,4-6,11H2,1-3H3,(H,20,24)(H,21,23)/t12-,13-,17+/m0/s1. The van der Waals surface area contributed by atoms with E-state index < -0.39 is 0 Å². The highest BCUT2D eigenvalue weighted by Gasteiger charge is 2.27. The van der Waals surface area contributed by atoms with Crippen molar-refractivity contribution in [2.75, 3.05) is 11.1 Å². The van der Waals surface area contributed by atoms with Crippen LogP contribution in [0.15, 0.2) is 34.4 Å². The molecule has 1 aromatic carbocycles. The minimum Gasteiger partial charge on any atom is -0.326 e. The minimum absolute atomic E-state index is 0.0629. The van der Waals surface area contributed by atoms with E-state index >= 15 is 0 Å². The number of hydrazone groups is 1. The molecule has 0 unspecified atom stereocenters. The number of amides is 1. The summed E-state index contributed by atoms with van der Waals surface area (Å²) in [5.41, 5.74) is 6.00. The Bertz CT molecular complexity index is 683. The van der Waals surface area contributed by atoms with E-state index in [0.29, 0.717) is 12.0 Å². The van der Waals surface area contributed by atoms with Crippen LogP contribution in [0.4, 0.5) is 5.69 Å². The molecule has 6 heteroatoms. The quantitative estimate of drug-likeness (QED) is 0.862. The molecule has 2 N–H and O–H groups in total. The Balaban J connectivity index is 1.64. The monoisotopic (exact) mass is 358 g/mol. The SMILES string of the molecule is CC(=O)Nc1ccc(C2=NNC(=N[C@@H]3CCC[C@H](C)[C@@H]3C)SC2)cc1. The summed E-state index contributed by atoms with van der Waals surface area (Å²) in [5, 5.41) is 8.22. The van der Waals surface area contributed by atoms with Crippen LogP contribution in [0.5, 0.6) is 0 Å². The van der Waals surface area contributed by atoms with Crippen LogP contribution in [0.3, 0.4) is 0 Å². The van der Waals surface area contributed by atoms with Gasteiger partial charge in [-0.15, -0.1) is 0 Å². The predicted octanol–water partition coefficient (Wildman–Crippen LogP) is 3.87. The number of amidine groups is 1. The normalized spacial score (nSPS) is 28.2. The number of benzene rings is 1. The summed E-state index contributed by atoms with van der Waals surface area (Å²) >= 11 is 1.72. The molecule has 0 aromatic heterocycles. The molecule has 3 rings (SSSR count). The van der Waals surface area contributed by atoms with Gasteiger partial charge in [0, 0.05) is 18.4 Å². The topological polar surface area (TPSA) is 65.8 Å². The number of thioether (sulfide) groups is 1. The van der Waals surface area contributed by atoms with Gasteiger partial charge >= 0.3 is 0 Å². The fourth-order valence-corrected chi connectivity index (χ4v) is 4.19. The van der Waals surface area contributed by atoms with E-state index in [-0.39, 0.29) is 5.91 Å². The molecular formula is C19H26N4OS. The van der Waals surface area contributed by atoms with E-state index in [1.165, 1.54) is 26.2 Å². The Labute approximate surface area is 153 Å². The molecule has 1 heterocycles. The Morgan fingerprint density at radius 3 is 2.68 bits per heavy atom. The maximum Gasteiger partial charge on any atom is 0.221 e. The molecule has 2 aliphatic rings. The number of nitrogens with zero attached hydrogens (tertiary/aromatic N) is 2. The van der Waals surface area contributed by atoms with Crippen LogP contribution in [-0.4, -0.2) is 28.6 Å². The molecule has 0 spiro atoms. The first-order valence-corrected chi connectivity index (χ1v) is 9.92. The van der Waals surface area contributed by atoms with Crippen LogP contribution in [0, 0.1) is 11.8 Å². The smallest absolute Gasteiger partial charge is 0.221 e. The van der Waals surface area contributed by atoms with E-state index in [9.17, 15) is 4.79 Å². The van der Waals surface area contributed by atoms with Gasteiger partial charge in [-0.05, 0) is 36.0 Å². The summed E-state index contributed by atoms with van der Waals surface area (Å²) in [6, 6.07) is 8.18. The molecule has 0 radical (unpaired) electrons. The molecule has 5 nitrogen and oxygen atoms in total. The van der Waals surface area contributed by atoms with Crippen molar-refractivity contribution in [1.82, 2.24) is 5.43 Å². The van der Waals surface area contributed by atoms with Crippen molar-refractivity contribution in [2.24, 2.45) is 21.9 Å². The maximum absolute atomic E-state index is 11.1. The Morgan fingerprint density at radius 2 is 2.04 bits per heavy atom. The zero-order valence-electron chi connectivity index (χ0n) is 15.1. The third-order valence-electron chi connectivity index (χ3n) is 5.12. The average Bonchev–Trinajstić information content (AvgIpc) is 2.60. The Hall–Kier alpha value is -1.82. The van der Waals surface area contributed by atoms with Gasteiger partial charge in [-0.3, -0.25) is 15.2 Å². The molecule has 1 amide bonds. The summed E-state index contributed by atoms with van der Waals surface area (Å²) < 4.78 is 0. The van der Waals surface area contributed by atoms with Gasteiger partial charge in [-0.2, -0.15) is 5.10 Å². The van der Waals surface area contributed by atoms with Crippen molar-refractivity contribution in [1.29, 1.82) is 0 Å². The van der Waals surface area contributed by atoms with Crippen molar-refractivity contribution >= 4 is 34.2 Å². The number of hydrogen-bond acceptors (Lipinski definition) is 4. The van der Waals surface area contributed by atoms with Crippen LogP contribution in [0.2, 0.25) is 0 Å². The van der Waals surface area contributed by atoms with Crippen LogP contribution < -0.4 is 10.7 Å². The first-order chi connectivity index (χ1) is 12.0. The van der Waals surface area contributed by atoms with Crippen molar-refractivity contribution in [3.8, 4) is 0 Å². The predicted molar refractivity (Wildman–Crippen MR) is 106 cm³/mol. The minimum atomic E-state index is -0.0629. The maximum atomic E-state index is 11.1. The zero-order valence-corrected chi connectivity index (χ0v) is 15.9. The Morgan fingerprint density at radius 1 is 1.28 bits per heavy atom. The highest BCUT2D eigenvalue weighted by atomic mass is 32.2. The molecule has 1 aliphatic heterocycles. The van der Waals surface area contributed by atoms with Gasteiger partial charge in [0.05, 0.1) is 11.8 Å². The number of rotatable bonds is 3. The molecular weight excluding hydrogens is 332 g/mol. The highest BCUT2D eigenvalue weighted by Crippen LogP contribution is 2.32. The molecule has 3 atom stereocenters. The second kappa shape index (κ2) is 8.04. The average molecular weight is 359 g/mol. The second-order valence-corrected chi connectivity index (χ2v) is 7.95. The number of nitrogens with one attached hydrogen (secondary N) is 2. The van der Waals surface area contributed by atoms with Crippen molar-refractivity contribution in [2.45, 2.75) is 46.1 Å². The van der Waals surface area contributed by atoms with Crippen LogP contribution in [-0.2, 0) is 4.79 Å². The largest absolute Gasteiger partial charge is 0.326 e. The first-order valence-electron chi connectivity index (χ1n) is 8.94. The molecule has 1 aromatic rings. The van der Waals surface area contributed by atoms with Gasteiger partial charge in [-0.25, -0.2) is 0 Å². The molecule has 1 fully saturated rings. The first kappa shape index (κ1) is 18.0. The molecule has 1 saturated carbocycles. The lowest BCUT2D eigenvalue weighted by molar-refractivity contribution is -0.114. The molecule has 25 heavy (non-hydrogen) atoms. The second-order valence-electron chi connectivity index (χ2n) is 6.99. The number of carbonyl (C=O) groups is 1. The lowest BCUT2D eigenvalue weighted by atomic mass is 9.78. The number of carbonyl (C=O) groups excluding carboxylic acids is 1. The molecule has 0 saturated heterocycles. The van der Waals surface area contributed by atoms with Gasteiger partial charge in [0.25, 0.3) is 0 Å². The molecule has 1 aliphatic carbocycles. The fourth-order valence-electron chi connectivity index (χ4n) is 3.37. The zero-order chi connectivity index (χ0) is 17.8. The van der Waals surface area contributed by atoms with Crippen LogP contribution in [0.25, 0.3) is 0 Å². The molecule has 134 valence electrons. The van der Waals surface area contributed by atoms with E-state index in [1.54, 1.807) is 11.8 Å². The molecule has 0 bridgehead atoms. The number of hydrogen-bond donors (Lipinski definition) is 2. The van der Waals surface area contributed by atoms with Crippen molar-refractivity contribution in [3.05, 3.63) is 29.8 Å². The summed E-state index contributed by atoms with van der Waals surface area (Å²) in [6.07, 6.45) is 3.77.